The molecule has 0 saturated carbocycles. The number of carbonyl (C=O) groups is 2. The summed E-state index contributed by atoms with van der Waals surface area (Å²) in [5.41, 5.74) is -0.739. The summed E-state index contributed by atoms with van der Waals surface area (Å²) in [5, 5.41) is 5.47. The van der Waals surface area contributed by atoms with Crippen LogP contribution < -0.4 is 10.6 Å². The van der Waals surface area contributed by atoms with Crippen LogP contribution in [0.15, 0.2) is 12.2 Å². The molecule has 0 radical (unpaired) electrons. The first-order valence-corrected chi connectivity index (χ1v) is 10.0. The number of nitrogens with one attached hydrogen (secondary N) is 2. The van der Waals surface area contributed by atoms with E-state index in [1.807, 2.05) is 0 Å². The van der Waals surface area contributed by atoms with E-state index in [0.29, 0.717) is 12.5 Å². The lowest BCUT2D eigenvalue weighted by atomic mass is 9.87. The van der Waals surface area contributed by atoms with E-state index in [2.05, 4.69) is 22.8 Å². The van der Waals surface area contributed by atoms with Crippen molar-refractivity contribution in [3.63, 3.8) is 0 Å². The lowest BCUT2D eigenvalue weighted by Gasteiger charge is -2.38. The van der Waals surface area contributed by atoms with Gasteiger partial charge in [-0.2, -0.15) is 0 Å². The van der Waals surface area contributed by atoms with Gasteiger partial charge in [-0.15, -0.1) is 0 Å². The molecule has 2 rings (SSSR count). The van der Waals surface area contributed by atoms with Crippen LogP contribution in [0.4, 0.5) is 0 Å². The van der Waals surface area contributed by atoms with Gasteiger partial charge in [0.2, 0.25) is 11.8 Å². The Labute approximate surface area is 148 Å². The summed E-state index contributed by atoms with van der Waals surface area (Å²) >= 11 is 0. The topological polar surface area (TPSA) is 114 Å². The van der Waals surface area contributed by atoms with E-state index < -0.39 is 25.2 Å². The largest absolute Gasteiger partial charge is 0.472 e. The van der Waals surface area contributed by atoms with Gasteiger partial charge in [-0.25, -0.2) is 4.57 Å². The van der Waals surface area contributed by atoms with Crippen molar-refractivity contribution >= 4 is 19.6 Å². The van der Waals surface area contributed by atoms with E-state index in [-0.39, 0.29) is 25.5 Å². The van der Waals surface area contributed by atoms with Crippen LogP contribution in [0.5, 0.6) is 0 Å². The van der Waals surface area contributed by atoms with Crippen LogP contribution in [-0.4, -0.2) is 42.5 Å². The Balaban J connectivity index is 1.71. The Morgan fingerprint density at radius 2 is 2.08 bits per heavy atom. The molecule has 3 N–H and O–H groups in total. The third-order valence-corrected chi connectivity index (χ3v) is 5.34. The second-order valence-electron chi connectivity index (χ2n) is 7.21. The summed E-state index contributed by atoms with van der Waals surface area (Å²) in [6.45, 7) is 4.14. The van der Waals surface area contributed by atoms with Gasteiger partial charge < -0.3 is 15.5 Å². The molecule has 1 aliphatic carbocycles. The normalized spacial score (nSPS) is 31.3. The van der Waals surface area contributed by atoms with Gasteiger partial charge in [0.05, 0.1) is 6.61 Å². The highest BCUT2D eigenvalue weighted by atomic mass is 31.2. The molecular formula is C16H27N2O6P. The molecule has 2 unspecified atom stereocenters. The number of rotatable bonds is 6. The van der Waals surface area contributed by atoms with Crippen LogP contribution in [0.25, 0.3) is 0 Å². The molecule has 1 aliphatic heterocycles. The number of amides is 2. The third kappa shape index (κ3) is 6.22. The Kier molecular flexibility index (Phi) is 6.79. The van der Waals surface area contributed by atoms with E-state index in [1.54, 1.807) is 13.8 Å². The van der Waals surface area contributed by atoms with Crippen molar-refractivity contribution in [2.24, 2.45) is 11.3 Å². The van der Waals surface area contributed by atoms with Gasteiger partial charge in [-0.05, 0) is 25.2 Å². The Morgan fingerprint density at radius 1 is 1.32 bits per heavy atom. The van der Waals surface area contributed by atoms with Crippen LogP contribution in [0.1, 0.15) is 39.5 Å². The van der Waals surface area contributed by atoms with E-state index >= 15 is 0 Å². The molecule has 25 heavy (non-hydrogen) atoms. The molecule has 0 spiro atoms. The van der Waals surface area contributed by atoms with Crippen molar-refractivity contribution < 1.29 is 28.1 Å². The minimum Gasteiger partial charge on any atom is -0.356 e. The molecule has 0 aromatic heterocycles. The van der Waals surface area contributed by atoms with Crippen LogP contribution in [0.2, 0.25) is 0 Å². The number of allylic oxidation sites excluding steroid dienone is 2. The molecule has 9 heteroatoms. The molecule has 1 heterocycles. The number of carbonyl (C=O) groups excluding carboxylic acids is 2. The number of hydrogen-bond acceptors (Lipinski definition) is 5. The van der Waals surface area contributed by atoms with Gasteiger partial charge in [-0.1, -0.05) is 26.0 Å². The molecule has 2 amide bonds. The summed E-state index contributed by atoms with van der Waals surface area (Å²) in [6.07, 6.45) is 6.43. The van der Waals surface area contributed by atoms with Crippen molar-refractivity contribution in [1.29, 1.82) is 0 Å². The maximum Gasteiger partial charge on any atom is 0.472 e. The molecule has 0 aromatic rings. The number of phosphoric acid groups is 1. The van der Waals surface area contributed by atoms with Crippen LogP contribution in [-0.2, 0) is 23.2 Å². The summed E-state index contributed by atoms with van der Waals surface area (Å²) in [6, 6.07) is 0. The van der Waals surface area contributed by atoms with E-state index in [0.717, 1.165) is 19.3 Å². The predicted octanol–water partition coefficient (Wildman–Crippen LogP) is 1.51. The fraction of sp³-hybridized carbons (Fsp3) is 0.750. The van der Waals surface area contributed by atoms with E-state index in [4.69, 9.17) is 9.05 Å². The minimum atomic E-state index is -4.20. The lowest BCUT2D eigenvalue weighted by Crippen LogP contribution is -2.50. The summed E-state index contributed by atoms with van der Waals surface area (Å²) < 4.78 is 21.2. The maximum absolute atomic E-state index is 12.2. The summed E-state index contributed by atoms with van der Waals surface area (Å²) in [4.78, 5) is 33.5. The zero-order chi connectivity index (χ0) is 18.5. The van der Waals surface area contributed by atoms with Gasteiger partial charge in [-0.3, -0.25) is 18.6 Å². The van der Waals surface area contributed by atoms with Crippen molar-refractivity contribution in [2.75, 3.05) is 19.7 Å². The van der Waals surface area contributed by atoms with Crippen LogP contribution in [0, 0.1) is 11.3 Å². The van der Waals surface area contributed by atoms with Crippen molar-refractivity contribution in [3.8, 4) is 0 Å². The fourth-order valence-electron chi connectivity index (χ4n) is 2.81. The minimum absolute atomic E-state index is 0.0603. The molecule has 8 nitrogen and oxygen atoms in total. The highest BCUT2D eigenvalue weighted by Gasteiger charge is 2.47. The van der Waals surface area contributed by atoms with E-state index in [9.17, 15) is 19.0 Å². The third-order valence-electron chi connectivity index (χ3n) is 4.40. The molecule has 1 fully saturated rings. The Morgan fingerprint density at radius 3 is 2.76 bits per heavy atom. The highest BCUT2D eigenvalue weighted by Crippen LogP contribution is 2.52. The van der Waals surface area contributed by atoms with Gasteiger partial charge in [0, 0.05) is 24.9 Å². The first kappa shape index (κ1) is 20.1. The first-order valence-electron chi connectivity index (χ1n) is 8.55. The van der Waals surface area contributed by atoms with E-state index in [1.165, 1.54) is 0 Å². The summed E-state index contributed by atoms with van der Waals surface area (Å²) in [7, 11) is -4.20. The average Bonchev–Trinajstić information content (AvgIpc) is 2.56. The Hall–Kier alpha value is -1.21. The summed E-state index contributed by atoms with van der Waals surface area (Å²) in [5.74, 6) is -0.179. The van der Waals surface area contributed by atoms with Crippen LogP contribution in [0.3, 0.4) is 0 Å². The molecule has 0 aromatic carbocycles. The zero-order valence-electron chi connectivity index (χ0n) is 14.7. The molecule has 3 atom stereocenters. The number of phosphoric ester groups is 1. The van der Waals surface area contributed by atoms with Crippen molar-refractivity contribution in [1.82, 2.24) is 10.6 Å². The molecule has 2 aliphatic rings. The second-order valence-corrected chi connectivity index (χ2v) is 8.62. The van der Waals surface area contributed by atoms with Crippen molar-refractivity contribution in [3.05, 3.63) is 12.2 Å². The SMILES string of the molecule is CC1(C)COP(=O)(O)O[C@H]1C(=O)NCCC(=O)NCC1CC=CCC1. The van der Waals surface area contributed by atoms with Gasteiger partial charge in [0.1, 0.15) is 0 Å². The van der Waals surface area contributed by atoms with Crippen LogP contribution >= 0.6 is 7.82 Å². The fourth-order valence-corrected chi connectivity index (χ4v) is 4.02. The molecule has 0 bridgehead atoms. The first-order chi connectivity index (χ1) is 11.7. The average molecular weight is 374 g/mol. The standard InChI is InChI=1S/C16H27N2O6P/c1-16(2)11-23-25(21,22)24-14(16)15(20)17-9-8-13(19)18-10-12-6-4-3-5-7-12/h3-4,12,14H,5-11H2,1-2H3,(H,17,20)(H,18,19)(H,21,22)/t12?,14-/m0/s1. The van der Waals surface area contributed by atoms with Gasteiger partial charge in [0.25, 0.3) is 0 Å². The predicted molar refractivity (Wildman–Crippen MR) is 91.5 cm³/mol. The van der Waals surface area contributed by atoms with Gasteiger partial charge >= 0.3 is 7.82 Å². The Bertz CT molecular complexity index is 577. The molecule has 142 valence electrons. The highest BCUT2D eigenvalue weighted by molar-refractivity contribution is 7.47. The van der Waals surface area contributed by atoms with Crippen molar-refractivity contribution in [2.45, 2.75) is 45.6 Å². The zero-order valence-corrected chi connectivity index (χ0v) is 15.6. The number of hydrogen-bond donors (Lipinski definition) is 3. The van der Waals surface area contributed by atoms with Gasteiger partial charge in [0.15, 0.2) is 6.10 Å². The smallest absolute Gasteiger partial charge is 0.356 e. The lowest BCUT2D eigenvalue weighted by molar-refractivity contribution is -0.140. The molecular weight excluding hydrogens is 347 g/mol. The maximum atomic E-state index is 12.2. The molecule has 1 saturated heterocycles. The second kappa shape index (κ2) is 8.45. The monoisotopic (exact) mass is 374 g/mol. The quantitative estimate of drug-likeness (QED) is 0.480.